The number of rotatable bonds is 16. The predicted octanol–water partition coefficient (Wildman–Crippen LogP) is 5.00. The van der Waals surface area contributed by atoms with Crippen molar-refractivity contribution in [1.29, 1.82) is 0 Å². The maximum absolute atomic E-state index is 12.8. The number of carbonyl (C=O) groups excluding carboxylic acids is 1. The van der Waals surface area contributed by atoms with Gasteiger partial charge >= 0.3 is 30.7 Å². The number of anilines is 1. The van der Waals surface area contributed by atoms with Crippen LogP contribution in [0.5, 0.6) is 5.75 Å². The van der Waals surface area contributed by atoms with Crippen LogP contribution in [0.25, 0.3) is 31.9 Å². The van der Waals surface area contributed by atoms with Crippen LogP contribution in [0.2, 0.25) is 0 Å². The Morgan fingerprint density at radius 3 is 2.73 bits per heavy atom. The second-order valence-electron chi connectivity index (χ2n) is 9.27. The molecule has 1 fully saturated rings. The lowest BCUT2D eigenvalue weighted by molar-refractivity contribution is -0.0547. The molecule has 0 spiro atoms. The Kier molecular flexibility index (Phi) is 13.6. The summed E-state index contributed by atoms with van der Waals surface area (Å²) in [5, 5.41) is 7.21. The number of aromatic nitrogens is 3. The summed E-state index contributed by atoms with van der Waals surface area (Å²) < 4.78 is 71.4. The highest BCUT2D eigenvalue weighted by Crippen LogP contribution is 2.45. The lowest BCUT2D eigenvalue weighted by Crippen LogP contribution is -2.28. The van der Waals surface area contributed by atoms with Gasteiger partial charge in [-0.15, -0.1) is 9.42 Å². The molecule has 6 atom stereocenters. The van der Waals surface area contributed by atoms with Crippen LogP contribution in [-0.4, -0.2) is 64.7 Å². The van der Waals surface area contributed by atoms with E-state index in [9.17, 15) is 18.5 Å². The van der Waals surface area contributed by atoms with Crippen molar-refractivity contribution in [3.8, 4) is 17.6 Å². The van der Waals surface area contributed by atoms with Gasteiger partial charge in [0.1, 0.15) is 49.2 Å². The third-order valence-electron chi connectivity index (χ3n) is 6.49. The van der Waals surface area contributed by atoms with Crippen LogP contribution < -0.4 is 10.5 Å². The average molecular weight is 737 g/mol. The monoisotopic (exact) mass is 737 g/mol. The lowest BCUT2D eigenvalue weighted by Gasteiger charge is -2.15. The first-order valence-electron chi connectivity index (χ1n) is 13.5. The smallest absolute Gasteiger partial charge is 0.497 e. The van der Waals surface area contributed by atoms with E-state index in [0.717, 1.165) is 0 Å². The van der Waals surface area contributed by atoms with Gasteiger partial charge in [0.05, 0.1) is 36.3 Å². The van der Waals surface area contributed by atoms with Gasteiger partial charge in [-0.3, -0.25) is 0 Å². The number of ether oxygens (including phenoxy) is 4. The molecule has 25 heteroatoms. The molecule has 0 aliphatic carbocycles. The van der Waals surface area contributed by atoms with Crippen molar-refractivity contribution in [2.45, 2.75) is 31.4 Å². The Labute approximate surface area is 277 Å². The summed E-state index contributed by atoms with van der Waals surface area (Å²) in [6.45, 7) is -1.24. The SMILES string of the molecule is COc1ccc(C(=O)OCC#Cc2cn([C@H]3CC(OCN=[N+]=[N-])[C@@H](CO[P+](=O)O[P+](=O)O[P+](=O)O)O3)c3ncnc(N)c23)c(CN=[N+]=[N-])c1. The topological polar surface area (TPSA) is 307 Å². The Hall–Kier alpha value is -4.85. The molecule has 22 nitrogen and oxygen atoms in total. The van der Waals surface area contributed by atoms with Crippen molar-refractivity contribution in [2.24, 2.45) is 10.2 Å². The predicted molar refractivity (Wildman–Crippen MR) is 166 cm³/mol. The van der Waals surface area contributed by atoms with E-state index in [1.807, 2.05) is 0 Å². The summed E-state index contributed by atoms with van der Waals surface area (Å²) in [6.07, 6.45) is 0.396. The number of nitrogens with two attached hydrogens (primary N) is 1. The molecule has 4 unspecified atom stereocenters. The fourth-order valence-corrected chi connectivity index (χ4v) is 6.24. The number of carbonyl (C=O) groups is 1. The molecule has 254 valence electrons. The van der Waals surface area contributed by atoms with Gasteiger partial charge in [0.2, 0.25) is 0 Å². The fourth-order valence-electron chi connectivity index (χ4n) is 4.50. The maximum Gasteiger partial charge on any atom is 0.798 e. The van der Waals surface area contributed by atoms with E-state index in [1.54, 1.807) is 22.9 Å². The number of methoxy groups -OCH3 is 1. The first-order chi connectivity index (χ1) is 23.6. The quantitative estimate of drug-likeness (QED) is 0.0488. The minimum Gasteiger partial charge on any atom is -0.497 e. The molecule has 3 aromatic rings. The number of hydrogen-bond donors (Lipinski definition) is 2. The Bertz CT molecular complexity index is 1920. The van der Waals surface area contributed by atoms with E-state index in [-0.39, 0.29) is 37.7 Å². The Morgan fingerprint density at radius 2 is 2.00 bits per heavy atom. The third kappa shape index (κ3) is 10.1. The molecule has 1 saturated heterocycles. The van der Waals surface area contributed by atoms with Crippen molar-refractivity contribution >= 4 is 47.6 Å². The molecule has 0 bridgehead atoms. The highest BCUT2D eigenvalue weighted by atomic mass is 31.2. The number of benzene rings is 1. The summed E-state index contributed by atoms with van der Waals surface area (Å²) in [4.78, 5) is 35.1. The summed E-state index contributed by atoms with van der Waals surface area (Å²) >= 11 is 0. The molecule has 3 N–H and O–H groups in total. The molecule has 3 heterocycles. The van der Waals surface area contributed by atoms with Crippen LogP contribution in [-0.2, 0) is 47.6 Å². The molecule has 1 aromatic carbocycles. The molecule has 1 aliphatic heterocycles. The van der Waals surface area contributed by atoms with Crippen LogP contribution in [0.1, 0.15) is 34.1 Å². The van der Waals surface area contributed by atoms with E-state index in [2.05, 4.69) is 50.5 Å². The molecule has 1 aliphatic rings. The number of nitrogens with zero attached hydrogens (tertiary/aromatic N) is 9. The highest BCUT2D eigenvalue weighted by Gasteiger charge is 2.49. The van der Waals surface area contributed by atoms with Crippen molar-refractivity contribution in [3.05, 3.63) is 68.3 Å². The van der Waals surface area contributed by atoms with Crippen LogP contribution in [0, 0.1) is 11.8 Å². The third-order valence-corrected chi connectivity index (χ3v) is 9.01. The van der Waals surface area contributed by atoms with Crippen LogP contribution in [0.3, 0.4) is 0 Å². The van der Waals surface area contributed by atoms with Gasteiger partial charge in [0, 0.05) is 36.1 Å². The Balaban J connectivity index is 1.51. The van der Waals surface area contributed by atoms with Crippen molar-refractivity contribution in [3.63, 3.8) is 0 Å². The first kappa shape index (κ1) is 37.0. The van der Waals surface area contributed by atoms with Gasteiger partial charge in [-0.05, 0) is 34.8 Å². The average Bonchev–Trinajstić information content (AvgIpc) is 3.66. The number of esters is 1. The highest BCUT2D eigenvalue weighted by molar-refractivity contribution is 7.53. The minimum absolute atomic E-state index is 0.0927. The number of fused-ring (bicyclic) bond motifs is 1. The second-order valence-corrected chi connectivity index (χ2v) is 12.2. The molecule has 0 radical (unpaired) electrons. The standard InChI is InChI=1S/C24H23N10O12P3/c1-40-16-4-5-17(15(7-16)9-30-32-26)24(35)41-6-2-3-14-10-34(23-21(14)22(25)28-12-29-23)20-8-18(42-13-31-33-27)19(44-20)11-43-48(38)46-49(39)45-47(36)37/h4-5,7,10,12,18-20H,6,8-9,11,13H2,1H3,(H2-,25,28,29,36,37)/q+2/p+1/t18?,19-,20-/m1/s1. The lowest BCUT2D eigenvalue weighted by atomic mass is 10.1. The van der Waals surface area contributed by atoms with E-state index >= 15 is 0 Å². The minimum atomic E-state index is -3.27. The largest absolute Gasteiger partial charge is 0.798 e. The Morgan fingerprint density at radius 1 is 1.20 bits per heavy atom. The molecule has 2 aromatic heterocycles. The molecule has 49 heavy (non-hydrogen) atoms. The van der Waals surface area contributed by atoms with Crippen LogP contribution in [0.4, 0.5) is 5.82 Å². The molecule has 0 amide bonds. The van der Waals surface area contributed by atoms with Crippen LogP contribution >= 0.6 is 24.8 Å². The molecular weight excluding hydrogens is 713 g/mol. The second kappa shape index (κ2) is 18.1. The molecule has 4 rings (SSSR count). The summed E-state index contributed by atoms with van der Waals surface area (Å²) in [6, 6.07) is 4.59. The van der Waals surface area contributed by atoms with Crippen molar-refractivity contribution < 1.29 is 55.5 Å². The first-order valence-corrected chi connectivity index (χ1v) is 16.8. The summed E-state index contributed by atoms with van der Waals surface area (Å²) in [5.41, 5.74) is 24.7. The summed E-state index contributed by atoms with van der Waals surface area (Å²) in [5.74, 6) is 5.48. The number of nitrogen functional groups attached to an aromatic ring is 1. The van der Waals surface area contributed by atoms with Gasteiger partial charge in [-0.1, -0.05) is 22.1 Å². The van der Waals surface area contributed by atoms with Gasteiger partial charge in [-0.25, -0.2) is 14.8 Å². The van der Waals surface area contributed by atoms with E-state index < -0.39 is 55.8 Å². The fraction of sp³-hybridized carbons (Fsp3) is 0.375. The molecular formula is C24H24N10O12P3+3. The zero-order valence-electron chi connectivity index (χ0n) is 25.0. The number of hydrogen-bond acceptors (Lipinski definition) is 16. The maximum atomic E-state index is 12.8. The van der Waals surface area contributed by atoms with E-state index in [0.29, 0.717) is 27.9 Å². The van der Waals surface area contributed by atoms with Gasteiger partial charge in [-0.2, -0.15) is 0 Å². The van der Waals surface area contributed by atoms with E-state index in [1.165, 1.54) is 19.5 Å². The van der Waals surface area contributed by atoms with E-state index in [4.69, 9.17) is 45.2 Å². The van der Waals surface area contributed by atoms with Crippen LogP contribution in [0.15, 0.2) is 41.0 Å². The van der Waals surface area contributed by atoms with Gasteiger partial charge in [0.15, 0.2) is 15.2 Å². The van der Waals surface area contributed by atoms with Crippen molar-refractivity contribution in [2.75, 3.05) is 32.8 Å². The van der Waals surface area contributed by atoms with Crippen molar-refractivity contribution in [1.82, 2.24) is 14.5 Å². The zero-order chi connectivity index (χ0) is 35.3. The summed E-state index contributed by atoms with van der Waals surface area (Å²) in [7, 11) is -8.10. The normalized spacial score (nSPS) is 17.6. The van der Waals surface area contributed by atoms with Gasteiger partial charge in [0.25, 0.3) is 0 Å². The zero-order valence-corrected chi connectivity index (χ0v) is 27.7. The van der Waals surface area contributed by atoms with Gasteiger partial charge < -0.3 is 29.2 Å². The molecule has 0 saturated carbocycles. The number of azide groups is 2.